The molecule has 138 valence electrons. The van der Waals surface area contributed by atoms with Crippen LogP contribution in [-0.2, 0) is 4.74 Å². The first-order valence-corrected chi connectivity index (χ1v) is 9.06. The maximum atomic E-state index is 11.4. The van der Waals surface area contributed by atoms with E-state index in [4.69, 9.17) is 14.8 Å². The van der Waals surface area contributed by atoms with Gasteiger partial charge < -0.3 is 9.84 Å². The third-order valence-electron chi connectivity index (χ3n) is 5.48. The van der Waals surface area contributed by atoms with Crippen molar-refractivity contribution in [3.63, 3.8) is 0 Å². The van der Waals surface area contributed by atoms with Crippen molar-refractivity contribution in [1.29, 1.82) is 0 Å². The molecule has 2 aliphatic rings. The van der Waals surface area contributed by atoms with Crippen molar-refractivity contribution in [1.82, 2.24) is 25.0 Å². The van der Waals surface area contributed by atoms with Crippen LogP contribution in [0.5, 0.6) is 0 Å². The van der Waals surface area contributed by atoms with Crippen LogP contribution in [0.2, 0.25) is 0 Å². The summed E-state index contributed by atoms with van der Waals surface area (Å²) in [6, 6.07) is 6.78. The standard InChI is InChI=1S/C19H19N5O3/c1-10-15(9-20-22-10)17-21-18(14-8-13-5-6-16(14)27-13)24(23-17)12-4-2-3-11(7-12)19(25)26/h2-4,7,9,13-14,16H,5-6,8H2,1H3,(H,20,22)(H,25,26)/t13-,14+,16+/m0/s1. The van der Waals surface area contributed by atoms with Crippen LogP contribution < -0.4 is 0 Å². The maximum absolute atomic E-state index is 11.4. The summed E-state index contributed by atoms with van der Waals surface area (Å²) in [6.07, 6.45) is 5.19. The summed E-state index contributed by atoms with van der Waals surface area (Å²) in [5.41, 5.74) is 2.64. The summed E-state index contributed by atoms with van der Waals surface area (Å²) in [7, 11) is 0. The Balaban J connectivity index is 1.65. The molecule has 0 amide bonds. The highest BCUT2D eigenvalue weighted by atomic mass is 16.5. The van der Waals surface area contributed by atoms with Gasteiger partial charge >= 0.3 is 5.97 Å². The van der Waals surface area contributed by atoms with Gasteiger partial charge in [0.2, 0.25) is 0 Å². The summed E-state index contributed by atoms with van der Waals surface area (Å²) >= 11 is 0. The van der Waals surface area contributed by atoms with E-state index in [-0.39, 0.29) is 23.7 Å². The van der Waals surface area contributed by atoms with Gasteiger partial charge in [-0.2, -0.15) is 5.10 Å². The lowest BCUT2D eigenvalue weighted by Crippen LogP contribution is -2.19. The molecule has 3 atom stereocenters. The highest BCUT2D eigenvalue weighted by molar-refractivity contribution is 5.88. The van der Waals surface area contributed by atoms with Gasteiger partial charge in [-0.05, 0) is 44.4 Å². The van der Waals surface area contributed by atoms with E-state index in [2.05, 4.69) is 10.2 Å². The van der Waals surface area contributed by atoms with E-state index >= 15 is 0 Å². The lowest BCUT2D eigenvalue weighted by molar-refractivity contribution is 0.0696. The van der Waals surface area contributed by atoms with Crippen molar-refractivity contribution in [2.45, 2.75) is 44.3 Å². The SMILES string of the molecule is Cc1[nH]ncc1-c1nc([C@@H]2C[C@@H]3CC[C@H]2O3)n(-c2cccc(C(=O)O)c2)n1. The number of carboxylic acid groups (broad SMARTS) is 1. The van der Waals surface area contributed by atoms with E-state index in [0.29, 0.717) is 11.5 Å². The number of hydrogen-bond acceptors (Lipinski definition) is 5. The second-order valence-electron chi connectivity index (χ2n) is 7.19. The molecule has 2 bridgehead atoms. The summed E-state index contributed by atoms with van der Waals surface area (Å²) in [5.74, 6) is 0.596. The number of ether oxygens (including phenoxy) is 1. The molecule has 3 aromatic rings. The number of aromatic carboxylic acids is 1. The third kappa shape index (κ3) is 2.64. The zero-order valence-electron chi connectivity index (χ0n) is 14.8. The van der Waals surface area contributed by atoms with Crippen LogP contribution in [0.4, 0.5) is 0 Å². The molecule has 2 fully saturated rings. The van der Waals surface area contributed by atoms with E-state index in [0.717, 1.165) is 36.3 Å². The minimum atomic E-state index is -0.965. The average molecular weight is 365 g/mol. The minimum Gasteiger partial charge on any atom is -0.478 e. The lowest BCUT2D eigenvalue weighted by Gasteiger charge is -2.18. The number of benzene rings is 1. The Morgan fingerprint density at radius 1 is 1.37 bits per heavy atom. The molecule has 1 aromatic carbocycles. The fraction of sp³-hybridized carbons (Fsp3) is 0.368. The second-order valence-corrected chi connectivity index (χ2v) is 7.19. The van der Waals surface area contributed by atoms with Gasteiger partial charge in [-0.3, -0.25) is 5.10 Å². The fourth-order valence-electron chi connectivity index (χ4n) is 4.12. The molecule has 27 heavy (non-hydrogen) atoms. The Labute approximate surface area is 155 Å². The van der Waals surface area contributed by atoms with Crippen LogP contribution in [0, 0.1) is 6.92 Å². The summed E-state index contributed by atoms with van der Waals surface area (Å²) in [6.45, 7) is 1.92. The summed E-state index contributed by atoms with van der Waals surface area (Å²) in [4.78, 5) is 16.2. The molecule has 5 rings (SSSR count). The first-order valence-electron chi connectivity index (χ1n) is 9.06. The highest BCUT2D eigenvalue weighted by Crippen LogP contribution is 2.44. The lowest BCUT2D eigenvalue weighted by atomic mass is 9.88. The van der Waals surface area contributed by atoms with Gasteiger partial charge in [0.05, 0.1) is 35.2 Å². The van der Waals surface area contributed by atoms with Crippen molar-refractivity contribution in [2.75, 3.05) is 0 Å². The fourth-order valence-corrected chi connectivity index (χ4v) is 4.12. The van der Waals surface area contributed by atoms with Gasteiger partial charge in [0, 0.05) is 11.6 Å². The van der Waals surface area contributed by atoms with Crippen LogP contribution in [0.1, 0.15) is 47.1 Å². The minimum absolute atomic E-state index is 0.152. The second kappa shape index (κ2) is 6.02. The van der Waals surface area contributed by atoms with Crippen molar-refractivity contribution < 1.29 is 14.6 Å². The molecule has 0 radical (unpaired) electrons. The molecular weight excluding hydrogens is 346 g/mol. The largest absolute Gasteiger partial charge is 0.478 e. The van der Waals surface area contributed by atoms with Crippen LogP contribution in [0.3, 0.4) is 0 Å². The van der Waals surface area contributed by atoms with Gasteiger partial charge in [-0.1, -0.05) is 6.07 Å². The van der Waals surface area contributed by atoms with Crippen LogP contribution in [-0.4, -0.2) is 48.2 Å². The molecule has 2 N–H and O–H groups in total. The van der Waals surface area contributed by atoms with Gasteiger partial charge in [0.1, 0.15) is 5.82 Å². The van der Waals surface area contributed by atoms with Crippen molar-refractivity contribution >= 4 is 5.97 Å². The number of carbonyl (C=O) groups is 1. The number of nitrogens with one attached hydrogen (secondary N) is 1. The molecule has 8 heteroatoms. The number of aryl methyl sites for hydroxylation is 1. The van der Waals surface area contributed by atoms with Crippen LogP contribution in [0.15, 0.2) is 30.5 Å². The quantitative estimate of drug-likeness (QED) is 0.736. The number of H-pyrrole nitrogens is 1. The Morgan fingerprint density at radius 2 is 2.26 bits per heavy atom. The van der Waals surface area contributed by atoms with Crippen molar-refractivity contribution in [3.8, 4) is 17.1 Å². The number of fused-ring (bicyclic) bond motifs is 2. The van der Waals surface area contributed by atoms with Crippen LogP contribution in [0.25, 0.3) is 17.1 Å². The molecule has 2 aliphatic heterocycles. The molecule has 0 aliphatic carbocycles. The highest BCUT2D eigenvalue weighted by Gasteiger charge is 2.44. The van der Waals surface area contributed by atoms with E-state index < -0.39 is 5.97 Å². The molecule has 0 unspecified atom stereocenters. The smallest absolute Gasteiger partial charge is 0.335 e. The predicted octanol–water partition coefficient (Wildman–Crippen LogP) is 2.70. The molecule has 2 saturated heterocycles. The zero-order chi connectivity index (χ0) is 18.5. The maximum Gasteiger partial charge on any atom is 0.335 e. The average Bonchev–Trinajstić information content (AvgIpc) is 3.44. The van der Waals surface area contributed by atoms with E-state index in [1.807, 2.05) is 13.0 Å². The Hall–Kier alpha value is -3.00. The van der Waals surface area contributed by atoms with Crippen molar-refractivity contribution in [2.24, 2.45) is 0 Å². The monoisotopic (exact) mass is 365 g/mol. The number of aromatic nitrogens is 5. The predicted molar refractivity (Wildman–Crippen MR) is 95.9 cm³/mol. The van der Waals surface area contributed by atoms with E-state index in [9.17, 15) is 9.90 Å². The van der Waals surface area contributed by atoms with E-state index in [1.165, 1.54) is 0 Å². The van der Waals surface area contributed by atoms with Gasteiger partial charge in [-0.15, -0.1) is 5.10 Å². The van der Waals surface area contributed by atoms with Gasteiger partial charge in [0.25, 0.3) is 0 Å². The normalized spacial score (nSPS) is 23.8. The summed E-state index contributed by atoms with van der Waals surface area (Å²) < 4.78 is 7.79. The van der Waals surface area contributed by atoms with Crippen molar-refractivity contribution in [3.05, 3.63) is 47.5 Å². The molecule has 0 saturated carbocycles. The van der Waals surface area contributed by atoms with Crippen LogP contribution >= 0.6 is 0 Å². The first-order chi connectivity index (χ1) is 13.1. The first kappa shape index (κ1) is 16.2. The Morgan fingerprint density at radius 3 is 2.93 bits per heavy atom. The summed E-state index contributed by atoms with van der Waals surface area (Å²) in [5, 5.41) is 21.0. The molecule has 4 heterocycles. The number of carboxylic acids is 1. The molecule has 0 spiro atoms. The van der Waals surface area contributed by atoms with Gasteiger partial charge in [0.15, 0.2) is 5.82 Å². The zero-order valence-corrected chi connectivity index (χ0v) is 14.8. The number of nitrogens with zero attached hydrogens (tertiary/aromatic N) is 4. The Bertz CT molecular complexity index is 1020. The topological polar surface area (TPSA) is 106 Å². The number of hydrogen-bond donors (Lipinski definition) is 2. The number of aromatic amines is 1. The third-order valence-corrected chi connectivity index (χ3v) is 5.48. The van der Waals surface area contributed by atoms with Gasteiger partial charge in [-0.25, -0.2) is 14.5 Å². The molecule has 2 aromatic heterocycles. The Kier molecular flexibility index (Phi) is 3.61. The molecule has 8 nitrogen and oxygen atoms in total. The number of rotatable bonds is 4. The molecular formula is C19H19N5O3. The van der Waals surface area contributed by atoms with E-state index in [1.54, 1.807) is 29.1 Å².